The standard InChI is InChI=1S/C20H24ClN3O3/c1-3-27-19(26)20(12-15-6-4-7-16(21)11-15)8-5-9-24(13-20)18(25)17-10-14(2)22-23-17/h4,6-7,10-11H,3,5,8-9,12-13H2,1-2H3,(H,22,23)/t20-/m1/s1. The Hall–Kier alpha value is -2.34. The Balaban J connectivity index is 1.87. The highest BCUT2D eigenvalue weighted by Crippen LogP contribution is 2.36. The van der Waals surface area contributed by atoms with Crippen LogP contribution in [0.1, 0.15) is 41.5 Å². The van der Waals surface area contributed by atoms with E-state index < -0.39 is 5.41 Å². The summed E-state index contributed by atoms with van der Waals surface area (Å²) < 4.78 is 5.39. The van der Waals surface area contributed by atoms with Gasteiger partial charge < -0.3 is 9.64 Å². The number of H-pyrrole nitrogens is 1. The number of aromatic nitrogens is 2. The second kappa shape index (κ2) is 8.13. The van der Waals surface area contributed by atoms with Crippen LogP contribution in [-0.4, -0.2) is 46.7 Å². The fourth-order valence-electron chi connectivity index (χ4n) is 3.70. The molecule has 0 bridgehead atoms. The summed E-state index contributed by atoms with van der Waals surface area (Å²) in [7, 11) is 0. The Labute approximate surface area is 163 Å². The number of aromatic amines is 1. The average Bonchev–Trinajstić information content (AvgIpc) is 3.08. The lowest BCUT2D eigenvalue weighted by atomic mass is 9.75. The maximum Gasteiger partial charge on any atom is 0.314 e. The number of carbonyl (C=O) groups excluding carboxylic acids is 2. The highest BCUT2D eigenvalue weighted by atomic mass is 35.5. The summed E-state index contributed by atoms with van der Waals surface area (Å²) in [5.41, 5.74) is 1.38. The topological polar surface area (TPSA) is 75.3 Å². The molecule has 3 rings (SSSR count). The SMILES string of the molecule is CCOC(=O)[C@@]1(Cc2cccc(Cl)c2)CCCN(C(=O)c2cc(C)[nH]n2)C1. The van der Waals surface area contributed by atoms with Crippen molar-refractivity contribution in [3.05, 3.63) is 52.3 Å². The number of ether oxygens (including phenoxy) is 1. The third kappa shape index (κ3) is 4.33. The van der Waals surface area contributed by atoms with Gasteiger partial charge in [0.05, 0.1) is 12.0 Å². The van der Waals surface area contributed by atoms with Crippen molar-refractivity contribution in [1.82, 2.24) is 15.1 Å². The number of piperidine rings is 1. The smallest absolute Gasteiger partial charge is 0.314 e. The quantitative estimate of drug-likeness (QED) is 0.795. The van der Waals surface area contributed by atoms with Crippen molar-refractivity contribution in [2.75, 3.05) is 19.7 Å². The Bertz CT molecular complexity index is 835. The molecule has 7 heteroatoms. The van der Waals surface area contributed by atoms with Crippen LogP contribution in [0.25, 0.3) is 0 Å². The van der Waals surface area contributed by atoms with E-state index >= 15 is 0 Å². The molecule has 0 saturated carbocycles. The molecular weight excluding hydrogens is 366 g/mol. The summed E-state index contributed by atoms with van der Waals surface area (Å²) in [6, 6.07) is 9.21. The Morgan fingerprint density at radius 2 is 2.19 bits per heavy atom. The molecule has 1 aromatic heterocycles. The maximum atomic E-state index is 12.9. The largest absolute Gasteiger partial charge is 0.466 e. The zero-order chi connectivity index (χ0) is 19.4. The Kier molecular flexibility index (Phi) is 5.85. The van der Waals surface area contributed by atoms with Crippen molar-refractivity contribution in [2.24, 2.45) is 5.41 Å². The lowest BCUT2D eigenvalue weighted by molar-refractivity contribution is -0.158. The summed E-state index contributed by atoms with van der Waals surface area (Å²) in [4.78, 5) is 27.5. The highest BCUT2D eigenvalue weighted by molar-refractivity contribution is 6.30. The molecule has 1 atom stereocenters. The number of esters is 1. The number of likely N-dealkylation sites (tertiary alicyclic amines) is 1. The molecule has 2 aromatic rings. The van der Waals surface area contributed by atoms with Gasteiger partial charge in [0.15, 0.2) is 0 Å². The molecule has 1 saturated heterocycles. The summed E-state index contributed by atoms with van der Waals surface area (Å²) in [5, 5.41) is 7.49. The van der Waals surface area contributed by atoms with E-state index in [2.05, 4.69) is 10.2 Å². The van der Waals surface area contributed by atoms with Gasteiger partial charge in [-0.15, -0.1) is 0 Å². The van der Waals surface area contributed by atoms with Crippen LogP contribution in [0, 0.1) is 12.3 Å². The lowest BCUT2D eigenvalue weighted by Crippen LogP contribution is -2.51. The molecule has 144 valence electrons. The van der Waals surface area contributed by atoms with E-state index in [0.717, 1.165) is 17.7 Å². The van der Waals surface area contributed by atoms with E-state index in [1.165, 1.54) is 0 Å². The predicted octanol–water partition coefficient (Wildman–Crippen LogP) is 3.40. The Morgan fingerprint density at radius 3 is 2.85 bits per heavy atom. The van der Waals surface area contributed by atoms with Crippen LogP contribution in [0.2, 0.25) is 5.02 Å². The van der Waals surface area contributed by atoms with Gasteiger partial charge in [-0.2, -0.15) is 5.10 Å². The molecule has 1 amide bonds. The number of benzene rings is 1. The first kappa shape index (κ1) is 19.4. The third-order valence-electron chi connectivity index (χ3n) is 4.93. The number of halogens is 1. The summed E-state index contributed by atoms with van der Waals surface area (Å²) in [6.07, 6.45) is 1.88. The number of nitrogens with zero attached hydrogens (tertiary/aromatic N) is 2. The first-order valence-electron chi connectivity index (χ1n) is 9.16. The van der Waals surface area contributed by atoms with Crippen LogP contribution in [0.5, 0.6) is 0 Å². The van der Waals surface area contributed by atoms with E-state index in [1.807, 2.05) is 25.1 Å². The monoisotopic (exact) mass is 389 g/mol. The fourth-order valence-corrected chi connectivity index (χ4v) is 3.91. The van der Waals surface area contributed by atoms with Crippen molar-refractivity contribution < 1.29 is 14.3 Å². The Morgan fingerprint density at radius 1 is 1.37 bits per heavy atom. The normalized spacial score (nSPS) is 19.7. The molecule has 1 aliphatic heterocycles. The minimum absolute atomic E-state index is 0.168. The van der Waals surface area contributed by atoms with Crippen LogP contribution >= 0.6 is 11.6 Å². The van der Waals surface area contributed by atoms with Gasteiger partial charge in [-0.3, -0.25) is 14.7 Å². The highest BCUT2D eigenvalue weighted by Gasteiger charge is 2.45. The second-order valence-corrected chi connectivity index (χ2v) is 7.51. The van der Waals surface area contributed by atoms with Gasteiger partial charge in [-0.1, -0.05) is 23.7 Å². The number of hydrogen-bond donors (Lipinski definition) is 1. The second-order valence-electron chi connectivity index (χ2n) is 7.07. The zero-order valence-electron chi connectivity index (χ0n) is 15.6. The molecule has 1 aliphatic rings. The predicted molar refractivity (Wildman–Crippen MR) is 103 cm³/mol. The van der Waals surface area contributed by atoms with Gasteiger partial charge in [-0.25, -0.2) is 0 Å². The van der Waals surface area contributed by atoms with E-state index in [1.54, 1.807) is 24.0 Å². The van der Waals surface area contributed by atoms with Gasteiger partial charge in [0.25, 0.3) is 5.91 Å². The molecule has 0 unspecified atom stereocenters. The van der Waals surface area contributed by atoms with Crippen molar-refractivity contribution in [3.8, 4) is 0 Å². The lowest BCUT2D eigenvalue weighted by Gasteiger charge is -2.41. The summed E-state index contributed by atoms with van der Waals surface area (Å²) in [6.45, 7) is 4.86. The number of carbonyl (C=O) groups is 2. The number of nitrogens with one attached hydrogen (secondary N) is 1. The van der Waals surface area contributed by atoms with Crippen molar-refractivity contribution in [3.63, 3.8) is 0 Å². The van der Waals surface area contributed by atoms with E-state index in [9.17, 15) is 9.59 Å². The van der Waals surface area contributed by atoms with Crippen LogP contribution in [-0.2, 0) is 16.0 Å². The molecule has 1 aromatic carbocycles. The van der Waals surface area contributed by atoms with Crippen molar-refractivity contribution in [2.45, 2.75) is 33.1 Å². The molecule has 1 fully saturated rings. The first-order valence-corrected chi connectivity index (χ1v) is 9.54. The number of rotatable bonds is 5. The minimum Gasteiger partial charge on any atom is -0.466 e. The van der Waals surface area contributed by atoms with Crippen molar-refractivity contribution in [1.29, 1.82) is 0 Å². The molecule has 6 nitrogen and oxygen atoms in total. The maximum absolute atomic E-state index is 12.9. The number of hydrogen-bond acceptors (Lipinski definition) is 4. The van der Waals surface area contributed by atoms with Crippen LogP contribution in [0.15, 0.2) is 30.3 Å². The van der Waals surface area contributed by atoms with E-state index in [0.29, 0.717) is 43.3 Å². The van der Waals surface area contributed by atoms with Crippen molar-refractivity contribution >= 4 is 23.5 Å². The summed E-state index contributed by atoms with van der Waals surface area (Å²) in [5.74, 6) is -0.431. The molecule has 1 N–H and O–H groups in total. The van der Waals surface area contributed by atoms with Gasteiger partial charge in [0, 0.05) is 23.8 Å². The van der Waals surface area contributed by atoms with E-state index in [4.69, 9.17) is 16.3 Å². The third-order valence-corrected chi connectivity index (χ3v) is 5.16. The van der Waals surface area contributed by atoms with Gasteiger partial charge >= 0.3 is 5.97 Å². The van der Waals surface area contributed by atoms with Crippen LogP contribution in [0.3, 0.4) is 0 Å². The zero-order valence-corrected chi connectivity index (χ0v) is 16.4. The molecule has 0 radical (unpaired) electrons. The van der Waals surface area contributed by atoms with Crippen LogP contribution in [0.4, 0.5) is 0 Å². The molecule has 0 aliphatic carbocycles. The first-order chi connectivity index (χ1) is 12.9. The van der Waals surface area contributed by atoms with Gasteiger partial charge in [0.1, 0.15) is 5.69 Å². The van der Waals surface area contributed by atoms with E-state index in [-0.39, 0.29) is 11.9 Å². The average molecular weight is 390 g/mol. The minimum atomic E-state index is -0.778. The number of aryl methyl sites for hydroxylation is 1. The van der Waals surface area contributed by atoms with Gasteiger partial charge in [-0.05, 0) is 56.9 Å². The fraction of sp³-hybridized carbons (Fsp3) is 0.450. The number of amides is 1. The van der Waals surface area contributed by atoms with Gasteiger partial charge in [0.2, 0.25) is 0 Å². The van der Waals surface area contributed by atoms with Crippen LogP contribution < -0.4 is 0 Å². The molecule has 2 heterocycles. The molecule has 0 spiro atoms. The molecule has 27 heavy (non-hydrogen) atoms. The summed E-state index contributed by atoms with van der Waals surface area (Å²) >= 11 is 6.12. The molecular formula is C20H24ClN3O3.